The molecule has 0 aliphatic carbocycles. The van der Waals surface area contributed by atoms with Crippen molar-refractivity contribution in [3.05, 3.63) is 40.8 Å². The zero-order valence-electron chi connectivity index (χ0n) is 8.68. The molecule has 2 aromatic heterocycles. The largest absolute Gasteiger partial charge is 0.236 e. The molecule has 0 aromatic carbocycles. The molecule has 4 heteroatoms. The summed E-state index contributed by atoms with van der Waals surface area (Å²) in [5.41, 5.74) is 1.17. The maximum atomic E-state index is 4.32. The highest BCUT2D eigenvalue weighted by Crippen LogP contribution is 2.17. The second kappa shape index (κ2) is 4.14. The lowest BCUT2D eigenvalue weighted by molar-refractivity contribution is 0.721. The van der Waals surface area contributed by atoms with Crippen LogP contribution in [0, 0.1) is 0 Å². The van der Waals surface area contributed by atoms with Gasteiger partial charge in [-0.3, -0.25) is 0 Å². The van der Waals surface area contributed by atoms with Crippen LogP contribution in [0.15, 0.2) is 35.1 Å². The quantitative estimate of drug-likeness (QED) is 0.835. The number of halogens is 1. The van der Waals surface area contributed by atoms with Crippen LogP contribution in [0.4, 0.5) is 0 Å². The Balaban J connectivity index is 2.45. The molecule has 78 valence electrons. The summed E-state index contributed by atoms with van der Waals surface area (Å²) in [5.74, 6) is 1.30. The van der Waals surface area contributed by atoms with Crippen molar-refractivity contribution in [2.45, 2.75) is 19.8 Å². The maximum absolute atomic E-state index is 4.32. The normalized spacial score (nSPS) is 10.9. The van der Waals surface area contributed by atoms with Crippen LogP contribution >= 0.6 is 15.9 Å². The fourth-order valence-corrected chi connectivity index (χ4v) is 1.67. The van der Waals surface area contributed by atoms with Crippen LogP contribution in [0.1, 0.15) is 25.5 Å². The van der Waals surface area contributed by atoms with E-state index < -0.39 is 0 Å². The first-order valence-corrected chi connectivity index (χ1v) is 5.63. The minimum absolute atomic E-state index is 0.443. The Morgan fingerprint density at radius 1 is 1.27 bits per heavy atom. The predicted octanol–water partition coefficient (Wildman–Crippen LogP) is 3.15. The van der Waals surface area contributed by atoms with Crippen molar-refractivity contribution in [2.75, 3.05) is 0 Å². The third-order valence-corrected chi connectivity index (χ3v) is 2.66. The van der Waals surface area contributed by atoms with E-state index in [1.54, 1.807) is 12.4 Å². The van der Waals surface area contributed by atoms with E-state index in [1.807, 2.05) is 22.9 Å². The lowest BCUT2D eigenvalue weighted by Gasteiger charge is -2.08. The van der Waals surface area contributed by atoms with Gasteiger partial charge in [-0.1, -0.05) is 13.8 Å². The molecular formula is C11H12BrN3. The van der Waals surface area contributed by atoms with E-state index >= 15 is 0 Å². The van der Waals surface area contributed by atoms with Crippen molar-refractivity contribution >= 4 is 15.9 Å². The summed E-state index contributed by atoms with van der Waals surface area (Å²) in [4.78, 5) is 4.32. The van der Waals surface area contributed by atoms with Gasteiger partial charge in [0.25, 0.3) is 0 Å². The number of rotatable bonds is 2. The first kappa shape index (κ1) is 10.4. The highest BCUT2D eigenvalue weighted by Gasteiger charge is 2.08. The third-order valence-electron chi connectivity index (χ3n) is 2.19. The highest BCUT2D eigenvalue weighted by atomic mass is 79.9. The van der Waals surface area contributed by atoms with Crippen molar-refractivity contribution < 1.29 is 0 Å². The topological polar surface area (TPSA) is 30.7 Å². The van der Waals surface area contributed by atoms with Gasteiger partial charge in [-0.2, -0.15) is 5.10 Å². The van der Waals surface area contributed by atoms with E-state index in [9.17, 15) is 0 Å². The molecule has 0 unspecified atom stereocenters. The summed E-state index contributed by atoms with van der Waals surface area (Å²) in [7, 11) is 0. The van der Waals surface area contributed by atoms with Crippen LogP contribution in [-0.2, 0) is 0 Å². The van der Waals surface area contributed by atoms with Crippen LogP contribution in [0.3, 0.4) is 0 Å². The summed E-state index contributed by atoms with van der Waals surface area (Å²) in [6.45, 7) is 4.29. The Kier molecular flexibility index (Phi) is 2.86. The minimum Gasteiger partial charge on any atom is -0.236 e. The van der Waals surface area contributed by atoms with E-state index in [2.05, 4.69) is 39.9 Å². The fraction of sp³-hybridized carbons (Fsp3) is 0.273. The summed E-state index contributed by atoms with van der Waals surface area (Å²) in [6.07, 6.45) is 3.58. The number of aromatic nitrogens is 3. The van der Waals surface area contributed by atoms with Crippen LogP contribution in [0.25, 0.3) is 5.82 Å². The Morgan fingerprint density at radius 3 is 2.67 bits per heavy atom. The van der Waals surface area contributed by atoms with Gasteiger partial charge in [0.1, 0.15) is 0 Å². The van der Waals surface area contributed by atoms with Gasteiger partial charge in [0, 0.05) is 22.6 Å². The lowest BCUT2D eigenvalue weighted by atomic mass is 10.1. The molecule has 0 saturated carbocycles. The van der Waals surface area contributed by atoms with Gasteiger partial charge in [-0.05, 0) is 40.0 Å². The minimum atomic E-state index is 0.443. The molecule has 0 aliphatic heterocycles. The zero-order chi connectivity index (χ0) is 10.8. The molecule has 0 saturated heterocycles. The van der Waals surface area contributed by atoms with Crippen LogP contribution in [0.5, 0.6) is 0 Å². The van der Waals surface area contributed by atoms with Crippen molar-refractivity contribution in [3.8, 4) is 5.82 Å². The molecule has 0 fully saturated rings. The number of pyridine rings is 1. The third kappa shape index (κ3) is 2.09. The molecule has 2 rings (SSSR count). The Bertz CT molecular complexity index is 445. The average molecular weight is 266 g/mol. The Labute approximate surface area is 97.3 Å². The summed E-state index contributed by atoms with van der Waals surface area (Å²) < 4.78 is 2.85. The molecule has 0 amide bonds. The van der Waals surface area contributed by atoms with Crippen molar-refractivity contribution in [1.82, 2.24) is 14.8 Å². The molecule has 0 N–H and O–H groups in total. The van der Waals surface area contributed by atoms with E-state index in [1.165, 1.54) is 5.69 Å². The van der Waals surface area contributed by atoms with Gasteiger partial charge < -0.3 is 0 Å². The molecule has 0 aliphatic rings. The summed E-state index contributed by atoms with van der Waals surface area (Å²) in [5, 5.41) is 4.28. The van der Waals surface area contributed by atoms with Crippen molar-refractivity contribution in [1.29, 1.82) is 0 Å². The van der Waals surface area contributed by atoms with Crippen molar-refractivity contribution in [3.63, 3.8) is 0 Å². The zero-order valence-corrected chi connectivity index (χ0v) is 10.3. The average Bonchev–Trinajstić information content (AvgIpc) is 2.67. The second-order valence-corrected chi connectivity index (χ2v) is 4.57. The Morgan fingerprint density at radius 2 is 2.07 bits per heavy atom. The standard InChI is InChI=1S/C11H12BrN3/c1-8(2)10-5-6-14-15(10)11-4-3-9(12)7-13-11/h3-8H,1-2H3. The smallest absolute Gasteiger partial charge is 0.153 e. The van der Waals surface area contributed by atoms with E-state index in [-0.39, 0.29) is 0 Å². The summed E-state index contributed by atoms with van der Waals surface area (Å²) in [6, 6.07) is 5.94. The number of hydrogen-bond acceptors (Lipinski definition) is 2. The molecule has 0 radical (unpaired) electrons. The maximum Gasteiger partial charge on any atom is 0.153 e. The molecule has 2 aromatic rings. The molecule has 3 nitrogen and oxygen atoms in total. The van der Waals surface area contributed by atoms with Crippen LogP contribution in [0.2, 0.25) is 0 Å². The Hall–Kier alpha value is -1.16. The first-order valence-electron chi connectivity index (χ1n) is 4.84. The van der Waals surface area contributed by atoms with E-state index in [0.29, 0.717) is 5.92 Å². The second-order valence-electron chi connectivity index (χ2n) is 3.66. The molecular weight excluding hydrogens is 254 g/mol. The molecule has 2 heterocycles. The molecule has 0 atom stereocenters. The SMILES string of the molecule is CC(C)c1ccnn1-c1ccc(Br)cn1. The first-order chi connectivity index (χ1) is 7.18. The molecule has 15 heavy (non-hydrogen) atoms. The monoisotopic (exact) mass is 265 g/mol. The van der Waals surface area contributed by atoms with Gasteiger partial charge >= 0.3 is 0 Å². The molecule has 0 spiro atoms. The predicted molar refractivity (Wildman–Crippen MR) is 63.1 cm³/mol. The van der Waals surface area contributed by atoms with Gasteiger partial charge in [-0.15, -0.1) is 0 Å². The number of hydrogen-bond donors (Lipinski definition) is 0. The number of nitrogens with zero attached hydrogens (tertiary/aromatic N) is 3. The van der Waals surface area contributed by atoms with Gasteiger partial charge in [0.05, 0.1) is 0 Å². The van der Waals surface area contributed by atoms with Gasteiger partial charge in [0.15, 0.2) is 5.82 Å². The molecule has 0 bridgehead atoms. The van der Waals surface area contributed by atoms with Gasteiger partial charge in [-0.25, -0.2) is 9.67 Å². The van der Waals surface area contributed by atoms with E-state index in [4.69, 9.17) is 0 Å². The van der Waals surface area contributed by atoms with E-state index in [0.717, 1.165) is 10.3 Å². The summed E-state index contributed by atoms with van der Waals surface area (Å²) >= 11 is 3.36. The highest BCUT2D eigenvalue weighted by molar-refractivity contribution is 9.10. The van der Waals surface area contributed by atoms with Gasteiger partial charge in [0.2, 0.25) is 0 Å². The van der Waals surface area contributed by atoms with Crippen LogP contribution in [-0.4, -0.2) is 14.8 Å². The fourth-order valence-electron chi connectivity index (χ4n) is 1.44. The van der Waals surface area contributed by atoms with Crippen molar-refractivity contribution in [2.24, 2.45) is 0 Å². The lowest BCUT2D eigenvalue weighted by Crippen LogP contribution is -2.05. The van der Waals surface area contributed by atoms with Crippen LogP contribution < -0.4 is 0 Å².